The van der Waals surface area contributed by atoms with Gasteiger partial charge in [0.2, 0.25) is 0 Å². The minimum atomic E-state index is -0.540. The molecule has 0 amide bonds. The van der Waals surface area contributed by atoms with Crippen molar-refractivity contribution in [1.82, 2.24) is 9.55 Å². The lowest BCUT2D eigenvalue weighted by Crippen LogP contribution is -2.33. The van der Waals surface area contributed by atoms with Crippen LogP contribution in [-0.4, -0.2) is 9.55 Å². The highest BCUT2D eigenvalue weighted by molar-refractivity contribution is 14.1. The van der Waals surface area contributed by atoms with Crippen LogP contribution in [0, 0.1) is 3.57 Å². The summed E-state index contributed by atoms with van der Waals surface area (Å²) in [5.41, 5.74) is -0.439. The maximum Gasteiger partial charge on any atom is 0.334 e. The van der Waals surface area contributed by atoms with E-state index in [9.17, 15) is 9.59 Å². The van der Waals surface area contributed by atoms with Gasteiger partial charge in [-0.2, -0.15) is 0 Å². The topological polar surface area (TPSA) is 54.9 Å². The quantitative estimate of drug-likeness (QED) is 0.631. The highest BCUT2D eigenvalue weighted by Gasteiger charge is 2.08. The third-order valence-electron chi connectivity index (χ3n) is 1.99. The molecule has 1 heterocycles. The Morgan fingerprint density at radius 3 is 2.56 bits per heavy atom. The van der Waals surface area contributed by atoms with E-state index in [4.69, 9.17) is 11.6 Å². The third-order valence-corrected chi connectivity index (χ3v) is 3.11. The van der Waals surface area contributed by atoms with E-state index < -0.39 is 11.2 Å². The second-order valence-electron chi connectivity index (χ2n) is 3.05. The van der Waals surface area contributed by atoms with Gasteiger partial charge >= 0.3 is 5.69 Å². The first-order chi connectivity index (χ1) is 7.59. The maximum atomic E-state index is 11.7. The van der Waals surface area contributed by atoms with Crippen LogP contribution in [0.25, 0.3) is 5.69 Å². The number of aromatic nitrogens is 2. The molecule has 6 heteroatoms. The molecule has 1 aromatic carbocycles. The Morgan fingerprint density at radius 1 is 1.25 bits per heavy atom. The van der Waals surface area contributed by atoms with Gasteiger partial charge in [0.15, 0.2) is 0 Å². The molecule has 0 atom stereocenters. The fourth-order valence-corrected chi connectivity index (χ4v) is 2.13. The van der Waals surface area contributed by atoms with Gasteiger partial charge in [0.05, 0.1) is 5.69 Å². The summed E-state index contributed by atoms with van der Waals surface area (Å²) < 4.78 is 1.86. The van der Waals surface area contributed by atoms with Gasteiger partial charge in [-0.05, 0) is 34.7 Å². The van der Waals surface area contributed by atoms with E-state index in [1.54, 1.807) is 12.1 Å². The number of benzene rings is 1. The Morgan fingerprint density at radius 2 is 1.94 bits per heavy atom. The number of halogens is 2. The number of aromatic amines is 1. The molecule has 0 saturated carbocycles. The number of nitrogens with one attached hydrogen (secondary N) is 1. The van der Waals surface area contributed by atoms with E-state index in [0.29, 0.717) is 5.69 Å². The molecule has 0 aliphatic rings. The average Bonchev–Trinajstić information content (AvgIpc) is 2.19. The van der Waals surface area contributed by atoms with Crippen molar-refractivity contribution in [3.8, 4) is 5.69 Å². The Balaban J connectivity index is 2.81. The van der Waals surface area contributed by atoms with E-state index in [1.807, 2.05) is 12.1 Å². The van der Waals surface area contributed by atoms with Gasteiger partial charge in [-0.1, -0.05) is 23.7 Å². The second kappa shape index (κ2) is 4.42. The number of rotatable bonds is 1. The molecule has 1 aromatic heterocycles. The number of H-pyrrole nitrogens is 1. The zero-order valence-corrected chi connectivity index (χ0v) is 10.8. The summed E-state index contributed by atoms with van der Waals surface area (Å²) in [5.74, 6) is 0. The van der Waals surface area contributed by atoms with Crippen molar-refractivity contribution in [3.63, 3.8) is 0 Å². The number of hydrogen-bond acceptors (Lipinski definition) is 2. The van der Waals surface area contributed by atoms with Crippen LogP contribution in [0.15, 0.2) is 39.9 Å². The molecule has 0 radical (unpaired) electrons. The minimum absolute atomic E-state index is 0.0391. The van der Waals surface area contributed by atoms with Crippen LogP contribution < -0.4 is 11.2 Å². The summed E-state index contributed by atoms with van der Waals surface area (Å²) in [4.78, 5) is 25.7. The van der Waals surface area contributed by atoms with Crippen LogP contribution >= 0.6 is 34.2 Å². The standard InChI is InChI=1S/C10H6ClIN2O2/c11-8-5-9(15)14(10(16)13-8)7-4-2-1-3-6(7)12/h1-5H,(H,13,16). The first kappa shape index (κ1) is 11.4. The largest absolute Gasteiger partial charge is 0.334 e. The first-order valence-electron chi connectivity index (χ1n) is 4.36. The maximum absolute atomic E-state index is 11.7. The average molecular weight is 349 g/mol. The normalized spacial score (nSPS) is 10.4. The van der Waals surface area contributed by atoms with Crippen molar-refractivity contribution in [1.29, 1.82) is 0 Å². The SMILES string of the molecule is O=c1cc(Cl)[nH]c(=O)n1-c1ccccc1I. The van der Waals surface area contributed by atoms with Crippen LogP contribution in [0.2, 0.25) is 5.15 Å². The fraction of sp³-hybridized carbons (Fsp3) is 0. The number of hydrogen-bond donors (Lipinski definition) is 1. The Bertz CT molecular complexity index is 617. The zero-order valence-electron chi connectivity index (χ0n) is 7.91. The second-order valence-corrected chi connectivity index (χ2v) is 4.62. The molecule has 82 valence electrons. The van der Waals surface area contributed by atoms with Crippen LogP contribution in [0.4, 0.5) is 0 Å². The lowest BCUT2D eigenvalue weighted by Gasteiger charge is -2.05. The molecular formula is C10H6ClIN2O2. The molecule has 0 aliphatic heterocycles. The summed E-state index contributed by atoms with van der Waals surface area (Å²) >= 11 is 7.64. The molecule has 16 heavy (non-hydrogen) atoms. The van der Waals surface area contributed by atoms with Gasteiger partial charge in [-0.3, -0.25) is 9.78 Å². The van der Waals surface area contributed by atoms with E-state index in [-0.39, 0.29) is 5.15 Å². The summed E-state index contributed by atoms with van der Waals surface area (Å²) in [6.07, 6.45) is 0. The third kappa shape index (κ3) is 2.05. The lowest BCUT2D eigenvalue weighted by atomic mass is 10.3. The zero-order chi connectivity index (χ0) is 11.7. The summed E-state index contributed by atoms with van der Waals surface area (Å²) in [5, 5.41) is 0.0391. The van der Waals surface area contributed by atoms with Gasteiger partial charge < -0.3 is 0 Å². The van der Waals surface area contributed by atoms with Gasteiger partial charge in [0.1, 0.15) is 5.15 Å². The molecule has 4 nitrogen and oxygen atoms in total. The fourth-order valence-electron chi connectivity index (χ4n) is 1.33. The summed E-state index contributed by atoms with van der Waals surface area (Å²) in [6.45, 7) is 0. The molecule has 0 bridgehead atoms. The van der Waals surface area contributed by atoms with Crippen LogP contribution in [0.1, 0.15) is 0 Å². The smallest absolute Gasteiger partial charge is 0.297 e. The van der Waals surface area contributed by atoms with E-state index in [2.05, 4.69) is 27.6 Å². The molecule has 0 unspecified atom stereocenters. The minimum Gasteiger partial charge on any atom is -0.297 e. The first-order valence-corrected chi connectivity index (χ1v) is 5.82. The van der Waals surface area contributed by atoms with Gasteiger partial charge in [-0.25, -0.2) is 9.36 Å². The van der Waals surface area contributed by atoms with Gasteiger partial charge in [-0.15, -0.1) is 0 Å². The number of nitrogens with zero attached hydrogens (tertiary/aromatic N) is 1. The highest BCUT2D eigenvalue weighted by atomic mass is 127. The van der Waals surface area contributed by atoms with Gasteiger partial charge in [0.25, 0.3) is 5.56 Å². The predicted molar refractivity (Wildman–Crippen MR) is 70.4 cm³/mol. The van der Waals surface area contributed by atoms with E-state index in [0.717, 1.165) is 8.14 Å². The number of para-hydroxylation sites is 1. The van der Waals surface area contributed by atoms with E-state index in [1.165, 1.54) is 6.07 Å². The monoisotopic (exact) mass is 348 g/mol. The molecular weight excluding hydrogens is 342 g/mol. The molecule has 2 rings (SSSR count). The molecule has 0 aliphatic carbocycles. The van der Waals surface area contributed by atoms with Gasteiger partial charge in [0, 0.05) is 9.64 Å². The van der Waals surface area contributed by atoms with Crippen molar-refractivity contribution in [2.24, 2.45) is 0 Å². The van der Waals surface area contributed by atoms with Crippen molar-refractivity contribution in [2.75, 3.05) is 0 Å². The van der Waals surface area contributed by atoms with Crippen molar-refractivity contribution in [2.45, 2.75) is 0 Å². The lowest BCUT2D eigenvalue weighted by molar-refractivity contribution is 0.872. The Hall–Kier alpha value is -1.08. The summed E-state index contributed by atoms with van der Waals surface area (Å²) in [6, 6.07) is 8.28. The van der Waals surface area contributed by atoms with Crippen molar-refractivity contribution >= 4 is 34.2 Å². The predicted octanol–water partition coefficient (Wildman–Crippen LogP) is 1.78. The molecule has 2 aromatic rings. The molecule has 0 saturated heterocycles. The highest BCUT2D eigenvalue weighted by Crippen LogP contribution is 2.13. The summed E-state index contributed by atoms with van der Waals surface area (Å²) in [7, 11) is 0. The molecule has 0 spiro atoms. The Kier molecular flexibility index (Phi) is 3.15. The van der Waals surface area contributed by atoms with Crippen LogP contribution in [-0.2, 0) is 0 Å². The van der Waals surface area contributed by atoms with E-state index >= 15 is 0 Å². The van der Waals surface area contributed by atoms with Crippen LogP contribution in [0.3, 0.4) is 0 Å². The molecule has 0 fully saturated rings. The van der Waals surface area contributed by atoms with Crippen LogP contribution in [0.5, 0.6) is 0 Å². The molecule has 1 N–H and O–H groups in total. The van der Waals surface area contributed by atoms with Crippen molar-refractivity contribution < 1.29 is 0 Å². The van der Waals surface area contributed by atoms with Crippen molar-refractivity contribution in [3.05, 3.63) is 59.9 Å². The Labute approximate surface area is 109 Å².